The third-order valence-corrected chi connectivity index (χ3v) is 4.90. The summed E-state index contributed by atoms with van der Waals surface area (Å²) in [5.74, 6) is -0.467. The molecule has 0 spiro atoms. The van der Waals surface area contributed by atoms with Gasteiger partial charge in [-0.3, -0.25) is 4.79 Å². The molecule has 0 aliphatic carbocycles. The van der Waals surface area contributed by atoms with Crippen molar-refractivity contribution in [2.24, 2.45) is 0 Å². The second kappa shape index (κ2) is 11.0. The van der Waals surface area contributed by atoms with Gasteiger partial charge < -0.3 is 19.7 Å². The van der Waals surface area contributed by atoms with Crippen LogP contribution in [0.3, 0.4) is 0 Å². The number of β-lactam (4-membered cyclic amide) rings is 1. The molecule has 2 aromatic carbocycles. The summed E-state index contributed by atoms with van der Waals surface area (Å²) in [4.78, 5) is 37.8. The van der Waals surface area contributed by atoms with Crippen LogP contribution < -0.4 is 5.32 Å². The summed E-state index contributed by atoms with van der Waals surface area (Å²) in [7, 11) is 0. The van der Waals surface area contributed by atoms with Crippen molar-refractivity contribution < 1.29 is 23.9 Å². The van der Waals surface area contributed by atoms with Crippen molar-refractivity contribution in [3.63, 3.8) is 0 Å². The van der Waals surface area contributed by atoms with Crippen LogP contribution in [0.2, 0.25) is 0 Å². The molecule has 158 valence electrons. The molecule has 1 saturated heterocycles. The molecule has 30 heavy (non-hydrogen) atoms. The van der Waals surface area contributed by atoms with E-state index in [1.165, 1.54) is 0 Å². The lowest BCUT2D eigenvalue weighted by Crippen LogP contribution is -2.53. The molecule has 7 nitrogen and oxygen atoms in total. The van der Waals surface area contributed by atoms with E-state index < -0.39 is 18.1 Å². The third-order valence-electron chi connectivity index (χ3n) is 4.90. The lowest BCUT2D eigenvalue weighted by Gasteiger charge is -2.36. The first kappa shape index (κ1) is 21.4. The van der Waals surface area contributed by atoms with Crippen LogP contribution in [-0.2, 0) is 32.3 Å². The summed E-state index contributed by atoms with van der Waals surface area (Å²) < 4.78 is 10.6. The molecule has 1 fully saturated rings. The van der Waals surface area contributed by atoms with Crippen LogP contribution in [0.1, 0.15) is 30.4 Å². The molecule has 1 aliphatic rings. The van der Waals surface area contributed by atoms with Crippen molar-refractivity contribution in [3.8, 4) is 0 Å². The standard InChI is InChI=1S/C23H26N2O5/c26-21-13-15-25(21)20(22(27)29-16-18-8-3-1-4-9-18)12-7-14-24-23(28)30-17-19-10-5-2-6-11-19/h1-6,8-11,20H,7,12-17H2,(H,24,28)/t20-/m0/s1. The van der Waals surface area contributed by atoms with Gasteiger partial charge in [0, 0.05) is 19.5 Å². The number of carbonyl (C=O) groups excluding carboxylic acids is 3. The van der Waals surface area contributed by atoms with E-state index in [2.05, 4.69) is 5.32 Å². The Bertz CT molecular complexity index is 841. The highest BCUT2D eigenvalue weighted by Gasteiger charge is 2.36. The van der Waals surface area contributed by atoms with E-state index in [0.717, 1.165) is 11.1 Å². The number of hydrogen-bond acceptors (Lipinski definition) is 5. The van der Waals surface area contributed by atoms with Crippen LogP contribution in [0, 0.1) is 0 Å². The Morgan fingerprint density at radius 1 is 0.933 bits per heavy atom. The van der Waals surface area contributed by atoms with E-state index in [1.807, 2.05) is 60.7 Å². The van der Waals surface area contributed by atoms with Gasteiger partial charge in [-0.1, -0.05) is 60.7 Å². The van der Waals surface area contributed by atoms with Gasteiger partial charge in [0.15, 0.2) is 0 Å². The maximum absolute atomic E-state index is 12.6. The molecule has 0 aromatic heterocycles. The van der Waals surface area contributed by atoms with E-state index in [0.29, 0.717) is 32.4 Å². The minimum absolute atomic E-state index is 0.0492. The SMILES string of the molecule is O=C(NCCC[C@@H](C(=O)OCc1ccccc1)N1CCC1=O)OCc1ccccc1. The normalized spacial score (nSPS) is 13.9. The van der Waals surface area contributed by atoms with Gasteiger partial charge in [-0.2, -0.15) is 0 Å². The van der Waals surface area contributed by atoms with Gasteiger partial charge in [0.25, 0.3) is 0 Å². The van der Waals surface area contributed by atoms with Gasteiger partial charge in [-0.05, 0) is 24.0 Å². The average molecular weight is 410 g/mol. The second-order valence-electron chi connectivity index (χ2n) is 7.08. The molecule has 0 unspecified atom stereocenters. The molecule has 1 aliphatic heterocycles. The Labute approximate surface area is 176 Å². The monoisotopic (exact) mass is 410 g/mol. The lowest BCUT2D eigenvalue weighted by molar-refractivity contribution is -0.161. The molecular weight excluding hydrogens is 384 g/mol. The zero-order chi connectivity index (χ0) is 21.2. The minimum Gasteiger partial charge on any atom is -0.459 e. The van der Waals surface area contributed by atoms with Crippen LogP contribution >= 0.6 is 0 Å². The first-order valence-corrected chi connectivity index (χ1v) is 10.1. The number of carbonyl (C=O) groups is 3. The molecule has 3 rings (SSSR count). The number of nitrogens with zero attached hydrogens (tertiary/aromatic N) is 1. The predicted octanol–water partition coefficient (Wildman–Crippen LogP) is 3.04. The average Bonchev–Trinajstić information content (AvgIpc) is 2.78. The molecule has 7 heteroatoms. The van der Waals surface area contributed by atoms with Crippen molar-refractivity contribution in [3.05, 3.63) is 71.8 Å². The van der Waals surface area contributed by atoms with Gasteiger partial charge in [0.1, 0.15) is 19.3 Å². The summed E-state index contributed by atoms with van der Waals surface area (Å²) in [6.45, 7) is 1.26. The fourth-order valence-corrected chi connectivity index (χ4v) is 3.15. The zero-order valence-corrected chi connectivity index (χ0v) is 16.8. The smallest absolute Gasteiger partial charge is 0.407 e. The number of amides is 2. The Morgan fingerprint density at radius 2 is 1.53 bits per heavy atom. The van der Waals surface area contributed by atoms with Gasteiger partial charge in [0.05, 0.1) is 0 Å². The predicted molar refractivity (Wildman–Crippen MR) is 110 cm³/mol. The van der Waals surface area contributed by atoms with Crippen molar-refractivity contribution in [1.29, 1.82) is 0 Å². The number of ether oxygens (including phenoxy) is 2. The molecule has 0 radical (unpaired) electrons. The summed E-state index contributed by atoms with van der Waals surface area (Å²) in [5, 5.41) is 2.67. The topological polar surface area (TPSA) is 84.9 Å². The highest BCUT2D eigenvalue weighted by atomic mass is 16.5. The number of hydrogen-bond donors (Lipinski definition) is 1. The first-order chi connectivity index (χ1) is 14.6. The fraction of sp³-hybridized carbons (Fsp3) is 0.348. The van der Waals surface area contributed by atoms with E-state index in [1.54, 1.807) is 4.90 Å². The number of benzene rings is 2. The van der Waals surface area contributed by atoms with Crippen molar-refractivity contribution >= 4 is 18.0 Å². The highest BCUT2D eigenvalue weighted by Crippen LogP contribution is 2.19. The summed E-state index contributed by atoms with van der Waals surface area (Å²) in [6, 6.07) is 18.2. The van der Waals surface area contributed by atoms with E-state index in [9.17, 15) is 14.4 Å². The Balaban J connectivity index is 1.40. The van der Waals surface area contributed by atoms with Crippen molar-refractivity contribution in [2.75, 3.05) is 13.1 Å². The molecule has 1 heterocycles. The quantitative estimate of drug-likeness (QED) is 0.370. The maximum Gasteiger partial charge on any atom is 0.407 e. The summed E-state index contributed by atoms with van der Waals surface area (Å²) in [6.07, 6.45) is 0.877. The molecule has 0 bridgehead atoms. The molecule has 1 atom stereocenters. The number of alkyl carbamates (subject to hydrolysis) is 1. The van der Waals surface area contributed by atoms with Gasteiger partial charge in [-0.15, -0.1) is 0 Å². The van der Waals surface area contributed by atoms with Crippen LogP contribution in [0.4, 0.5) is 4.79 Å². The van der Waals surface area contributed by atoms with Crippen molar-refractivity contribution in [2.45, 2.75) is 38.5 Å². The second-order valence-corrected chi connectivity index (χ2v) is 7.08. The van der Waals surface area contributed by atoms with Gasteiger partial charge in [-0.25, -0.2) is 9.59 Å². The van der Waals surface area contributed by atoms with Crippen LogP contribution in [0.15, 0.2) is 60.7 Å². The molecule has 2 amide bonds. The van der Waals surface area contributed by atoms with E-state index >= 15 is 0 Å². The Morgan fingerprint density at radius 3 is 2.07 bits per heavy atom. The summed E-state index contributed by atoms with van der Waals surface area (Å²) in [5.41, 5.74) is 1.80. The number of nitrogens with one attached hydrogen (secondary N) is 1. The van der Waals surface area contributed by atoms with Gasteiger partial charge in [0.2, 0.25) is 5.91 Å². The zero-order valence-electron chi connectivity index (χ0n) is 16.8. The molecule has 2 aromatic rings. The largest absolute Gasteiger partial charge is 0.459 e. The molecular formula is C23H26N2O5. The van der Waals surface area contributed by atoms with Crippen LogP contribution in [-0.4, -0.2) is 42.0 Å². The Kier molecular flexibility index (Phi) is 7.83. The fourth-order valence-electron chi connectivity index (χ4n) is 3.15. The highest BCUT2D eigenvalue weighted by molar-refractivity contribution is 5.88. The third kappa shape index (κ3) is 6.34. The van der Waals surface area contributed by atoms with E-state index in [-0.39, 0.29) is 19.1 Å². The van der Waals surface area contributed by atoms with E-state index in [4.69, 9.17) is 9.47 Å². The van der Waals surface area contributed by atoms with Crippen molar-refractivity contribution in [1.82, 2.24) is 10.2 Å². The molecule has 1 N–H and O–H groups in total. The first-order valence-electron chi connectivity index (χ1n) is 10.1. The van der Waals surface area contributed by atoms with Crippen LogP contribution in [0.25, 0.3) is 0 Å². The molecule has 0 saturated carbocycles. The number of esters is 1. The maximum atomic E-state index is 12.6. The Hall–Kier alpha value is -3.35. The minimum atomic E-state index is -0.628. The van der Waals surface area contributed by atoms with Crippen LogP contribution in [0.5, 0.6) is 0 Å². The number of rotatable bonds is 10. The number of likely N-dealkylation sites (tertiary alicyclic amines) is 1. The lowest BCUT2D eigenvalue weighted by atomic mass is 10.0. The summed E-state index contributed by atoms with van der Waals surface area (Å²) >= 11 is 0. The van der Waals surface area contributed by atoms with Gasteiger partial charge >= 0.3 is 12.1 Å².